The summed E-state index contributed by atoms with van der Waals surface area (Å²) in [6.07, 6.45) is -11.0. The van der Waals surface area contributed by atoms with Crippen molar-refractivity contribution in [2.24, 2.45) is 16.7 Å². The number of carbonyl (C=O) groups is 7. The number of nitrogens with one attached hydrogen (secondary N) is 1. The molecule has 7 unspecified atom stereocenters. The molecule has 17 nitrogen and oxygen atoms in total. The minimum Gasteiger partial charge on any atom is -0.497 e. The topological polar surface area (TPSA) is 226 Å². The maximum atomic E-state index is 16.6. The quantitative estimate of drug-likeness (QED) is 0.0285. The van der Waals surface area contributed by atoms with Crippen LogP contribution in [0.25, 0.3) is 0 Å². The summed E-state index contributed by atoms with van der Waals surface area (Å²) in [4.78, 5) is 103. The van der Waals surface area contributed by atoms with Gasteiger partial charge in [-0.05, 0) is 83.6 Å². The third-order valence-electron chi connectivity index (χ3n) is 17.8. The molecular weight excluding hydrogens is 1120 g/mol. The van der Waals surface area contributed by atoms with Gasteiger partial charge >= 0.3 is 29.3 Å². The number of fused-ring (bicyclic) bond motifs is 5. The van der Waals surface area contributed by atoms with Crippen molar-refractivity contribution < 1.29 is 76.6 Å². The Morgan fingerprint density at radius 2 is 1.22 bits per heavy atom. The molecule has 2 bridgehead atoms. The maximum absolute atomic E-state index is 16.6. The number of amides is 1. The number of carbonyl (C=O) groups excluding carboxylic acids is 7. The fourth-order valence-corrected chi connectivity index (χ4v) is 13.7. The number of ether oxygens (including phenoxy) is 8. The second-order valence-corrected chi connectivity index (χ2v) is 23.2. The number of rotatable bonds is 17. The molecule has 2 saturated carbocycles. The molecule has 18 heteroatoms. The van der Waals surface area contributed by atoms with Crippen LogP contribution >= 0.6 is 11.6 Å². The highest BCUT2D eigenvalue weighted by molar-refractivity contribution is 6.61. The average molecular weight is 1190 g/mol. The fourth-order valence-electron chi connectivity index (χ4n) is 13.6. The molecule has 10 rings (SSSR count). The number of halogens is 1. The molecule has 4 aliphatic rings. The highest BCUT2D eigenvalue weighted by Gasteiger charge is 2.79. The molecule has 6 aromatic carbocycles. The van der Waals surface area contributed by atoms with Crippen LogP contribution in [0.15, 0.2) is 187 Å². The van der Waals surface area contributed by atoms with Gasteiger partial charge in [0.1, 0.15) is 41.4 Å². The lowest BCUT2D eigenvalue weighted by Crippen LogP contribution is -2.82. The zero-order chi connectivity index (χ0) is 61.3. The molecule has 1 heterocycles. The van der Waals surface area contributed by atoms with E-state index in [1.54, 1.807) is 112 Å². The van der Waals surface area contributed by atoms with Crippen molar-refractivity contribution in [3.05, 3.63) is 220 Å². The van der Waals surface area contributed by atoms with Crippen molar-refractivity contribution >= 4 is 52.6 Å². The number of esters is 4. The van der Waals surface area contributed by atoms with Crippen LogP contribution in [0.5, 0.6) is 5.75 Å². The van der Waals surface area contributed by atoms with Gasteiger partial charge in [0, 0.05) is 49.3 Å². The highest BCUT2D eigenvalue weighted by Crippen LogP contribution is 2.65. The van der Waals surface area contributed by atoms with Gasteiger partial charge in [-0.1, -0.05) is 153 Å². The Labute approximate surface area is 502 Å². The normalized spacial score (nSPS) is 26.2. The zero-order valence-corrected chi connectivity index (χ0v) is 49.2. The first kappa shape index (κ1) is 60.6. The van der Waals surface area contributed by atoms with Crippen molar-refractivity contribution in [1.29, 1.82) is 0 Å². The predicted octanol–water partition coefficient (Wildman–Crippen LogP) is 10.1. The van der Waals surface area contributed by atoms with Gasteiger partial charge in [-0.2, -0.15) is 0 Å². The monoisotopic (exact) mass is 1190 g/mol. The Morgan fingerprint density at radius 1 is 0.686 bits per heavy atom. The first-order chi connectivity index (χ1) is 41.1. The molecule has 0 spiro atoms. The SMILES string of the molecule is COc1ccc(C(OC(C(=O)OC2C[C@@]3(O)C(OC(=O)c4ccccc4)C4C5(OC(C)=O)COC5C[C@H](OC(=O)Cl)[C@@]4(C)C(=O)[C@H](OC(C)=O)C(=C2C)C3(C)C)C(NC(=O)c2ccccc2)c2ccccc2)(c2ccccc2)c2ccccc2)cc1. The molecule has 3 fully saturated rings. The van der Waals surface area contributed by atoms with Gasteiger partial charge in [0.2, 0.25) is 0 Å². The van der Waals surface area contributed by atoms with Gasteiger partial charge < -0.3 is 48.3 Å². The summed E-state index contributed by atoms with van der Waals surface area (Å²) in [5.74, 6) is -6.51. The van der Waals surface area contributed by atoms with Crippen LogP contribution in [-0.4, -0.2) is 108 Å². The second kappa shape index (κ2) is 24.1. The van der Waals surface area contributed by atoms with E-state index < -0.39 is 130 Å². The third-order valence-corrected chi connectivity index (χ3v) is 17.9. The van der Waals surface area contributed by atoms with Gasteiger partial charge in [-0.15, -0.1) is 0 Å². The first-order valence-corrected chi connectivity index (χ1v) is 28.6. The van der Waals surface area contributed by atoms with Gasteiger partial charge in [0.15, 0.2) is 23.6 Å². The lowest BCUT2D eigenvalue weighted by atomic mass is 9.44. The number of aliphatic hydroxyl groups is 1. The van der Waals surface area contributed by atoms with Crippen LogP contribution in [0.4, 0.5) is 4.79 Å². The Morgan fingerprint density at radius 3 is 1.73 bits per heavy atom. The van der Waals surface area contributed by atoms with Crippen LogP contribution in [0.3, 0.4) is 0 Å². The molecule has 1 saturated heterocycles. The predicted molar refractivity (Wildman–Crippen MR) is 312 cm³/mol. The first-order valence-electron chi connectivity index (χ1n) is 28.2. The maximum Gasteiger partial charge on any atom is 0.404 e. The number of methoxy groups -OCH3 is 1. The van der Waals surface area contributed by atoms with E-state index in [9.17, 15) is 29.1 Å². The highest BCUT2D eigenvalue weighted by atomic mass is 35.5. The molecule has 0 radical (unpaired) electrons. The van der Waals surface area contributed by atoms with E-state index in [1.165, 1.54) is 26.2 Å². The molecule has 3 aliphatic carbocycles. The van der Waals surface area contributed by atoms with E-state index in [0.29, 0.717) is 28.0 Å². The summed E-state index contributed by atoms with van der Waals surface area (Å²) < 4.78 is 51.2. The summed E-state index contributed by atoms with van der Waals surface area (Å²) in [7, 11) is 1.54. The molecule has 6 aromatic rings. The van der Waals surface area contributed by atoms with Crippen LogP contribution in [0.2, 0.25) is 0 Å². The minimum atomic E-state index is -2.54. The number of ketones is 1. The molecule has 1 aliphatic heterocycles. The largest absolute Gasteiger partial charge is 0.497 e. The Bertz CT molecular complexity index is 3510. The molecular formula is C68H66ClNO16. The van der Waals surface area contributed by atoms with E-state index in [0.717, 1.165) is 13.8 Å². The minimum absolute atomic E-state index is 0.0247. The molecule has 2 N–H and O–H groups in total. The van der Waals surface area contributed by atoms with Gasteiger partial charge in [-0.25, -0.2) is 14.4 Å². The summed E-state index contributed by atoms with van der Waals surface area (Å²) >= 11 is 6.01. The number of hydrogen-bond acceptors (Lipinski definition) is 16. The molecule has 446 valence electrons. The van der Waals surface area contributed by atoms with Crippen molar-refractivity contribution in [3.63, 3.8) is 0 Å². The number of hydrogen-bond donors (Lipinski definition) is 2. The lowest BCUT2D eigenvalue weighted by molar-refractivity contribution is -0.345. The summed E-state index contributed by atoms with van der Waals surface area (Å²) in [6, 6.07) is 49.1. The van der Waals surface area contributed by atoms with E-state index >= 15 is 9.59 Å². The van der Waals surface area contributed by atoms with E-state index in [2.05, 4.69) is 5.32 Å². The average Bonchev–Trinajstić information content (AvgIpc) is 0.672. The van der Waals surface area contributed by atoms with Crippen molar-refractivity contribution in [2.75, 3.05) is 13.7 Å². The zero-order valence-electron chi connectivity index (χ0n) is 48.4. The van der Waals surface area contributed by atoms with Crippen LogP contribution in [0.1, 0.15) is 103 Å². The summed E-state index contributed by atoms with van der Waals surface area (Å²) in [5.41, 5.74) is -9.05. The summed E-state index contributed by atoms with van der Waals surface area (Å²) in [6.45, 7) is 7.95. The Hall–Kier alpha value is -8.48. The molecule has 0 aromatic heterocycles. The molecule has 11 atom stereocenters. The van der Waals surface area contributed by atoms with E-state index in [1.807, 2.05) is 72.8 Å². The smallest absolute Gasteiger partial charge is 0.404 e. The van der Waals surface area contributed by atoms with Crippen molar-refractivity contribution in [3.8, 4) is 5.75 Å². The van der Waals surface area contributed by atoms with Crippen molar-refractivity contribution in [2.45, 2.75) is 114 Å². The lowest BCUT2D eigenvalue weighted by Gasteiger charge is -2.67. The fraction of sp³-hybridized carbons (Fsp3) is 0.338. The van der Waals surface area contributed by atoms with Crippen LogP contribution < -0.4 is 10.1 Å². The molecule has 1 amide bonds. The van der Waals surface area contributed by atoms with Crippen LogP contribution in [-0.2, 0) is 57.9 Å². The third kappa shape index (κ3) is 10.7. The van der Waals surface area contributed by atoms with E-state index in [4.69, 9.17) is 49.5 Å². The Balaban J connectivity index is 1.22. The number of benzene rings is 6. The standard InChI is InChI=1S/C68H66ClNO16/c1-40-50(38-67(78)59(84-61(75)45-27-17-10-18-28-45)57-65(6,58(73)55(81-41(2)71)53(40)64(67,4)5)51(83-63(69)77)37-52-66(57,39-80-52)85-42(3)72)82-62(76)56(54(43-23-13-8-14-24-43)70-60(74)44-25-15-9-16-26-44)86-68(46-29-19-11-20-30-46,47-31-21-12-22-32-47)48-33-35-49(79-7)36-34-48/h8-36,50-52,54-57,59,78H,37-39H2,1-7H3,(H,70,74)/t50?,51-,52?,54?,55+,56?,57?,59?,65+,66?,67+/m0/s1. The summed E-state index contributed by atoms with van der Waals surface area (Å²) in [5, 5.41) is 17.6. The van der Waals surface area contributed by atoms with Crippen LogP contribution in [0, 0.1) is 16.7 Å². The number of Topliss-reactive ketones (excluding diaryl/α,β-unsaturated/α-hetero) is 1. The van der Waals surface area contributed by atoms with Gasteiger partial charge in [-0.3, -0.25) is 19.2 Å². The van der Waals surface area contributed by atoms with Crippen molar-refractivity contribution in [1.82, 2.24) is 5.32 Å². The second-order valence-electron chi connectivity index (χ2n) is 22.9. The molecule has 86 heavy (non-hydrogen) atoms. The Kier molecular flexibility index (Phi) is 17.0. The van der Waals surface area contributed by atoms with Gasteiger partial charge in [0.25, 0.3) is 5.91 Å². The van der Waals surface area contributed by atoms with E-state index in [-0.39, 0.29) is 28.7 Å². The van der Waals surface area contributed by atoms with Gasteiger partial charge in [0.05, 0.1) is 36.7 Å².